The summed E-state index contributed by atoms with van der Waals surface area (Å²) < 4.78 is 0. The lowest BCUT2D eigenvalue weighted by Crippen LogP contribution is -2.48. The number of anilines is 2. The predicted molar refractivity (Wildman–Crippen MR) is 94.8 cm³/mol. The molecule has 0 saturated heterocycles. The lowest BCUT2D eigenvalue weighted by molar-refractivity contribution is -0.120. The van der Waals surface area contributed by atoms with Gasteiger partial charge in [-0.15, -0.1) is 11.3 Å². The third kappa shape index (κ3) is 4.64. The van der Waals surface area contributed by atoms with Crippen LogP contribution in [0.5, 0.6) is 0 Å². The molecule has 1 atom stereocenters. The Labute approximate surface area is 139 Å². The highest BCUT2D eigenvalue weighted by Gasteiger charge is 2.27. The Morgan fingerprint density at radius 3 is 2.48 bits per heavy atom. The first-order valence-electron chi connectivity index (χ1n) is 7.47. The van der Waals surface area contributed by atoms with Crippen molar-refractivity contribution in [2.45, 2.75) is 32.2 Å². The van der Waals surface area contributed by atoms with Crippen LogP contribution in [0.4, 0.5) is 11.4 Å². The van der Waals surface area contributed by atoms with Crippen LogP contribution in [0.3, 0.4) is 0 Å². The molecule has 0 aliphatic heterocycles. The molecule has 1 aromatic heterocycles. The molecule has 1 heterocycles. The van der Waals surface area contributed by atoms with E-state index in [2.05, 4.69) is 10.6 Å². The Morgan fingerprint density at radius 1 is 1.17 bits per heavy atom. The summed E-state index contributed by atoms with van der Waals surface area (Å²) in [6.07, 6.45) is 1.44. The Hall–Kier alpha value is -2.18. The highest BCUT2D eigenvalue weighted by atomic mass is 32.1. The number of benzene rings is 1. The fourth-order valence-electron chi connectivity index (χ4n) is 2.18. The predicted octanol–water partition coefficient (Wildman–Crippen LogP) is 3.46. The Morgan fingerprint density at radius 2 is 1.87 bits per heavy atom. The van der Waals surface area contributed by atoms with Gasteiger partial charge in [0.2, 0.25) is 5.91 Å². The topological polar surface area (TPSA) is 84.2 Å². The summed E-state index contributed by atoms with van der Waals surface area (Å²) in [5.41, 5.74) is 6.33. The van der Waals surface area contributed by atoms with Crippen LogP contribution in [-0.2, 0) is 4.79 Å². The van der Waals surface area contributed by atoms with Gasteiger partial charge in [-0.25, -0.2) is 0 Å². The van der Waals surface area contributed by atoms with E-state index in [1.807, 2.05) is 18.4 Å². The molecule has 0 bridgehead atoms. The zero-order valence-corrected chi connectivity index (χ0v) is 14.1. The fraction of sp³-hybridized carbons (Fsp3) is 0.294. The van der Waals surface area contributed by atoms with E-state index in [1.165, 1.54) is 11.3 Å². The van der Waals surface area contributed by atoms with Crippen molar-refractivity contribution in [3.8, 4) is 0 Å². The van der Waals surface area contributed by atoms with E-state index < -0.39 is 5.54 Å². The van der Waals surface area contributed by atoms with Gasteiger partial charge in [-0.2, -0.15) is 0 Å². The summed E-state index contributed by atoms with van der Waals surface area (Å²) in [6, 6.07) is 10.6. The second-order valence-electron chi connectivity index (χ2n) is 5.63. The third-order valence-electron chi connectivity index (χ3n) is 3.41. The minimum absolute atomic E-state index is 0.168. The normalized spacial score (nSPS) is 13.2. The minimum Gasteiger partial charge on any atom is -0.324 e. The van der Waals surface area contributed by atoms with Gasteiger partial charge in [0.25, 0.3) is 5.91 Å². The van der Waals surface area contributed by atoms with Gasteiger partial charge in [-0.1, -0.05) is 25.5 Å². The molecule has 0 saturated carbocycles. The monoisotopic (exact) mass is 331 g/mol. The molecule has 2 aromatic rings. The van der Waals surface area contributed by atoms with Gasteiger partial charge in [0, 0.05) is 11.4 Å². The van der Waals surface area contributed by atoms with Gasteiger partial charge in [0.1, 0.15) is 0 Å². The van der Waals surface area contributed by atoms with Crippen molar-refractivity contribution in [1.82, 2.24) is 0 Å². The summed E-state index contributed by atoms with van der Waals surface area (Å²) in [4.78, 5) is 24.9. The summed E-state index contributed by atoms with van der Waals surface area (Å²) in [6.45, 7) is 3.70. The van der Waals surface area contributed by atoms with Crippen LogP contribution in [0.15, 0.2) is 41.8 Å². The molecule has 0 fully saturated rings. The van der Waals surface area contributed by atoms with E-state index in [1.54, 1.807) is 37.3 Å². The molecular weight excluding hydrogens is 310 g/mol. The van der Waals surface area contributed by atoms with Gasteiger partial charge in [-0.05, 0) is 43.0 Å². The largest absolute Gasteiger partial charge is 0.324 e. The average molecular weight is 331 g/mol. The van der Waals surface area contributed by atoms with Crippen LogP contribution < -0.4 is 16.4 Å². The van der Waals surface area contributed by atoms with Crippen molar-refractivity contribution in [1.29, 1.82) is 0 Å². The molecule has 0 spiro atoms. The number of thiophene rings is 1. The van der Waals surface area contributed by atoms with Crippen LogP contribution in [0.25, 0.3) is 0 Å². The van der Waals surface area contributed by atoms with Crippen molar-refractivity contribution < 1.29 is 9.59 Å². The molecule has 1 unspecified atom stereocenters. The molecule has 23 heavy (non-hydrogen) atoms. The molecule has 5 nitrogen and oxygen atoms in total. The number of carbonyl (C=O) groups excluding carboxylic acids is 2. The number of nitrogens with two attached hydrogens (primary N) is 1. The SMILES string of the molecule is CCCC(C)(N)C(=O)Nc1cccc(NC(=O)c2cccs2)c1. The van der Waals surface area contributed by atoms with Crippen LogP contribution in [0.2, 0.25) is 0 Å². The second kappa shape index (κ2) is 7.39. The van der Waals surface area contributed by atoms with Gasteiger partial charge < -0.3 is 16.4 Å². The van der Waals surface area contributed by atoms with Crippen molar-refractivity contribution >= 4 is 34.5 Å². The molecule has 2 amide bonds. The van der Waals surface area contributed by atoms with E-state index in [-0.39, 0.29) is 11.8 Å². The summed E-state index contributed by atoms with van der Waals surface area (Å²) in [7, 11) is 0. The highest BCUT2D eigenvalue weighted by molar-refractivity contribution is 7.12. The molecule has 2 rings (SSSR count). The zero-order chi connectivity index (χ0) is 16.9. The van der Waals surface area contributed by atoms with Crippen molar-refractivity contribution in [3.05, 3.63) is 46.7 Å². The number of nitrogens with one attached hydrogen (secondary N) is 2. The number of hydrogen-bond donors (Lipinski definition) is 3. The van der Waals surface area contributed by atoms with Crippen molar-refractivity contribution in [2.24, 2.45) is 5.73 Å². The molecule has 122 valence electrons. The summed E-state index contributed by atoms with van der Waals surface area (Å²) >= 11 is 1.38. The Kier molecular flexibility index (Phi) is 5.52. The van der Waals surface area contributed by atoms with E-state index in [0.717, 1.165) is 6.42 Å². The third-order valence-corrected chi connectivity index (χ3v) is 4.28. The van der Waals surface area contributed by atoms with Gasteiger partial charge in [-0.3, -0.25) is 9.59 Å². The Balaban J connectivity index is 2.05. The summed E-state index contributed by atoms with van der Waals surface area (Å²) in [5.74, 6) is -0.404. The molecule has 1 aromatic carbocycles. The van der Waals surface area contributed by atoms with Crippen LogP contribution in [0, 0.1) is 0 Å². The van der Waals surface area contributed by atoms with Gasteiger partial charge in [0.15, 0.2) is 0 Å². The van der Waals surface area contributed by atoms with E-state index >= 15 is 0 Å². The van der Waals surface area contributed by atoms with Crippen LogP contribution in [0.1, 0.15) is 36.4 Å². The molecule has 4 N–H and O–H groups in total. The van der Waals surface area contributed by atoms with Crippen molar-refractivity contribution in [3.63, 3.8) is 0 Å². The van der Waals surface area contributed by atoms with E-state index in [4.69, 9.17) is 5.73 Å². The quantitative estimate of drug-likeness (QED) is 0.758. The fourth-order valence-corrected chi connectivity index (χ4v) is 2.80. The molecule has 6 heteroatoms. The molecule has 0 aliphatic rings. The standard InChI is InChI=1S/C17H21N3O2S/c1-3-9-17(2,18)16(22)20-13-7-4-6-12(11-13)19-15(21)14-8-5-10-23-14/h4-8,10-11H,3,9,18H2,1-2H3,(H,19,21)(H,20,22). The smallest absolute Gasteiger partial charge is 0.265 e. The first-order chi connectivity index (χ1) is 10.9. The average Bonchev–Trinajstić information content (AvgIpc) is 3.01. The maximum absolute atomic E-state index is 12.2. The summed E-state index contributed by atoms with van der Waals surface area (Å²) in [5, 5.41) is 7.46. The molecule has 0 radical (unpaired) electrons. The maximum Gasteiger partial charge on any atom is 0.265 e. The van der Waals surface area contributed by atoms with E-state index in [9.17, 15) is 9.59 Å². The van der Waals surface area contributed by atoms with E-state index in [0.29, 0.717) is 22.7 Å². The maximum atomic E-state index is 12.2. The number of carbonyl (C=O) groups is 2. The highest BCUT2D eigenvalue weighted by Crippen LogP contribution is 2.19. The van der Waals surface area contributed by atoms with Gasteiger partial charge in [0.05, 0.1) is 10.4 Å². The number of hydrogen-bond acceptors (Lipinski definition) is 4. The van der Waals surface area contributed by atoms with Crippen LogP contribution >= 0.6 is 11.3 Å². The zero-order valence-electron chi connectivity index (χ0n) is 13.3. The lowest BCUT2D eigenvalue weighted by Gasteiger charge is -2.23. The first kappa shape index (κ1) is 17.2. The van der Waals surface area contributed by atoms with Crippen molar-refractivity contribution in [2.75, 3.05) is 10.6 Å². The minimum atomic E-state index is -0.912. The number of rotatable bonds is 6. The molecule has 0 aliphatic carbocycles. The van der Waals surface area contributed by atoms with Gasteiger partial charge >= 0.3 is 0 Å². The first-order valence-corrected chi connectivity index (χ1v) is 8.35. The second-order valence-corrected chi connectivity index (χ2v) is 6.58. The Bertz CT molecular complexity index is 681. The number of amides is 2. The molecular formula is C17H21N3O2S. The lowest BCUT2D eigenvalue weighted by atomic mass is 9.96. The van der Waals surface area contributed by atoms with Crippen LogP contribution in [-0.4, -0.2) is 17.4 Å².